The number of hydrogen-bond acceptors (Lipinski definition) is 6. The van der Waals surface area contributed by atoms with E-state index in [9.17, 15) is 18.0 Å². The molecule has 0 saturated heterocycles. The van der Waals surface area contributed by atoms with E-state index in [1.165, 1.54) is 0 Å². The van der Waals surface area contributed by atoms with Crippen LogP contribution in [0.2, 0.25) is 0 Å². The van der Waals surface area contributed by atoms with Gasteiger partial charge in [0.2, 0.25) is 10.0 Å². The topological polar surface area (TPSA) is 142 Å². The summed E-state index contributed by atoms with van der Waals surface area (Å²) in [5, 5.41) is 19.7. The van der Waals surface area contributed by atoms with Crippen LogP contribution in [0, 0.1) is 0 Å². The largest absolute Gasteiger partial charge is 0.492 e. The first-order valence-electron chi connectivity index (χ1n) is 11.3. The van der Waals surface area contributed by atoms with E-state index < -0.39 is 22.0 Å². The molecule has 0 radical (unpaired) electrons. The van der Waals surface area contributed by atoms with Crippen LogP contribution in [0.1, 0.15) is 53.9 Å². The quantitative estimate of drug-likeness (QED) is 0.355. The number of carbonyl (C=O) groups is 2. The summed E-state index contributed by atoms with van der Waals surface area (Å²) < 4.78 is 32.0. The Bertz CT molecular complexity index is 1090. The van der Waals surface area contributed by atoms with Gasteiger partial charge in [-0.25, -0.2) is 17.9 Å². The fourth-order valence-corrected chi connectivity index (χ4v) is 5.10. The molecule has 0 spiro atoms. The maximum absolute atomic E-state index is 12.8. The van der Waals surface area contributed by atoms with Gasteiger partial charge >= 0.3 is 6.09 Å². The Morgan fingerprint density at radius 3 is 2.35 bits per heavy atom. The molecule has 0 aromatic heterocycles. The highest BCUT2D eigenvalue weighted by Crippen LogP contribution is 2.38. The smallest absolute Gasteiger partial charge is 0.404 e. The van der Waals surface area contributed by atoms with Crippen molar-refractivity contribution in [3.63, 3.8) is 0 Å². The lowest BCUT2D eigenvalue weighted by Crippen LogP contribution is -2.33. The van der Waals surface area contributed by atoms with Crippen molar-refractivity contribution in [1.29, 1.82) is 0 Å². The highest BCUT2D eigenvalue weighted by atomic mass is 32.2. The van der Waals surface area contributed by atoms with Crippen LogP contribution < -0.4 is 14.8 Å². The zero-order valence-electron chi connectivity index (χ0n) is 18.8. The first-order valence-corrected chi connectivity index (χ1v) is 12.9. The lowest BCUT2D eigenvalue weighted by atomic mass is 9.89. The van der Waals surface area contributed by atoms with E-state index in [-0.39, 0.29) is 37.9 Å². The fraction of sp³-hybridized carbons (Fsp3) is 0.417. The zero-order chi connectivity index (χ0) is 24.6. The van der Waals surface area contributed by atoms with Crippen molar-refractivity contribution >= 4 is 22.0 Å². The van der Waals surface area contributed by atoms with Crippen LogP contribution in [-0.4, -0.2) is 56.1 Å². The number of amides is 2. The van der Waals surface area contributed by atoms with Gasteiger partial charge in [0.1, 0.15) is 12.4 Å². The molecule has 1 aliphatic rings. The standard InChI is InChI=1S/C24H30N2O7S/c27-13-3-15-34(31,32)26-23(28)21-11-8-19(16-22(21)18-4-1-2-5-18)17-6-9-20(10-7-17)33-14-12-25-24(29)30/h6-11,16,18,25,27H,1-5,12-15H2,(H,26,28)(H,29,30). The van der Waals surface area contributed by atoms with Crippen LogP contribution in [0.3, 0.4) is 0 Å². The van der Waals surface area contributed by atoms with Gasteiger partial charge in [0.05, 0.1) is 12.3 Å². The molecule has 0 atom stereocenters. The van der Waals surface area contributed by atoms with E-state index in [4.69, 9.17) is 14.9 Å². The van der Waals surface area contributed by atoms with Gasteiger partial charge in [0, 0.05) is 12.2 Å². The SMILES string of the molecule is O=C(O)NCCOc1ccc(-c2ccc(C(=O)NS(=O)(=O)CCCO)c(C3CCCC3)c2)cc1. The molecular formula is C24H30N2O7S. The summed E-state index contributed by atoms with van der Waals surface area (Å²) in [6, 6.07) is 12.8. The van der Waals surface area contributed by atoms with Crippen LogP contribution in [0.25, 0.3) is 11.1 Å². The minimum absolute atomic E-state index is 0.0623. The first-order chi connectivity index (χ1) is 16.3. The van der Waals surface area contributed by atoms with Crippen molar-refractivity contribution < 1.29 is 33.0 Å². The number of carbonyl (C=O) groups excluding carboxylic acids is 1. The van der Waals surface area contributed by atoms with E-state index in [2.05, 4.69) is 10.0 Å². The number of aliphatic hydroxyl groups is 1. The second-order valence-electron chi connectivity index (χ2n) is 8.22. The molecule has 4 N–H and O–H groups in total. The van der Waals surface area contributed by atoms with Gasteiger partial charge < -0.3 is 20.3 Å². The summed E-state index contributed by atoms with van der Waals surface area (Å²) in [6.45, 7) is 0.129. The number of nitrogens with one attached hydrogen (secondary N) is 2. The normalized spacial score (nSPS) is 14.0. The number of sulfonamides is 1. The molecule has 2 amide bonds. The summed E-state index contributed by atoms with van der Waals surface area (Å²) in [6.07, 6.45) is 2.97. The maximum Gasteiger partial charge on any atom is 0.404 e. The summed E-state index contributed by atoms with van der Waals surface area (Å²) >= 11 is 0. The first kappa shape index (κ1) is 25.5. The van der Waals surface area contributed by atoms with Crippen LogP contribution >= 0.6 is 0 Å². The number of rotatable bonds is 11. The number of benzene rings is 2. The minimum atomic E-state index is -3.82. The van der Waals surface area contributed by atoms with Crippen molar-refractivity contribution in [2.75, 3.05) is 25.5 Å². The predicted octanol–water partition coefficient (Wildman–Crippen LogP) is 3.10. The number of hydrogen-bond donors (Lipinski definition) is 4. The van der Waals surface area contributed by atoms with E-state index in [1.807, 2.05) is 18.2 Å². The van der Waals surface area contributed by atoms with E-state index >= 15 is 0 Å². The molecular weight excluding hydrogens is 460 g/mol. The summed E-state index contributed by atoms with van der Waals surface area (Å²) in [7, 11) is -3.82. The lowest BCUT2D eigenvalue weighted by molar-refractivity contribution is 0.0980. The van der Waals surface area contributed by atoms with Crippen molar-refractivity contribution in [1.82, 2.24) is 10.0 Å². The van der Waals surface area contributed by atoms with Crippen molar-refractivity contribution in [2.24, 2.45) is 0 Å². The molecule has 1 aliphatic carbocycles. The van der Waals surface area contributed by atoms with E-state index in [1.54, 1.807) is 24.3 Å². The monoisotopic (exact) mass is 490 g/mol. The Kier molecular flexibility index (Phi) is 8.89. The molecule has 0 aliphatic heterocycles. The maximum atomic E-state index is 12.8. The molecule has 0 unspecified atom stereocenters. The highest BCUT2D eigenvalue weighted by molar-refractivity contribution is 7.90. The molecule has 2 aromatic carbocycles. The average Bonchev–Trinajstić information content (AvgIpc) is 3.35. The number of aliphatic hydroxyl groups excluding tert-OH is 1. The summed E-state index contributed by atoms with van der Waals surface area (Å²) in [5.74, 6) is -0.168. The Balaban J connectivity index is 1.79. The van der Waals surface area contributed by atoms with Gasteiger partial charge in [0.25, 0.3) is 5.91 Å². The molecule has 34 heavy (non-hydrogen) atoms. The minimum Gasteiger partial charge on any atom is -0.492 e. The Labute approximate surface area is 199 Å². The van der Waals surface area contributed by atoms with Crippen molar-refractivity contribution in [3.8, 4) is 16.9 Å². The Morgan fingerprint density at radius 1 is 1.03 bits per heavy atom. The van der Waals surface area contributed by atoms with Gasteiger partial charge in [-0.3, -0.25) is 4.79 Å². The summed E-state index contributed by atoms with van der Waals surface area (Å²) in [4.78, 5) is 23.3. The molecule has 0 heterocycles. The van der Waals surface area contributed by atoms with Crippen LogP contribution in [0.4, 0.5) is 4.79 Å². The molecule has 1 saturated carbocycles. The molecule has 0 bridgehead atoms. The fourth-order valence-electron chi connectivity index (χ4n) is 4.10. The number of carboxylic acid groups (broad SMARTS) is 1. The molecule has 3 rings (SSSR count). The van der Waals surface area contributed by atoms with Crippen molar-refractivity contribution in [2.45, 2.75) is 38.0 Å². The van der Waals surface area contributed by atoms with Gasteiger partial charge in [-0.05, 0) is 60.1 Å². The van der Waals surface area contributed by atoms with Gasteiger partial charge in [0.15, 0.2) is 0 Å². The second kappa shape index (κ2) is 11.8. The van der Waals surface area contributed by atoms with E-state index in [0.29, 0.717) is 11.3 Å². The third-order valence-electron chi connectivity index (χ3n) is 5.75. The third-order valence-corrected chi connectivity index (χ3v) is 7.07. The Hall–Kier alpha value is -3.11. The van der Waals surface area contributed by atoms with Crippen LogP contribution in [0.5, 0.6) is 5.75 Å². The summed E-state index contributed by atoms with van der Waals surface area (Å²) in [5.41, 5.74) is 3.01. The van der Waals surface area contributed by atoms with Gasteiger partial charge in [-0.1, -0.05) is 37.1 Å². The molecule has 184 valence electrons. The second-order valence-corrected chi connectivity index (χ2v) is 10.1. The van der Waals surface area contributed by atoms with Crippen molar-refractivity contribution in [3.05, 3.63) is 53.6 Å². The molecule has 1 fully saturated rings. The highest BCUT2D eigenvalue weighted by Gasteiger charge is 2.25. The molecule has 2 aromatic rings. The van der Waals surface area contributed by atoms with Crippen LogP contribution in [0.15, 0.2) is 42.5 Å². The van der Waals surface area contributed by atoms with Gasteiger partial charge in [-0.2, -0.15) is 0 Å². The third kappa shape index (κ3) is 7.19. The molecule has 10 heteroatoms. The Morgan fingerprint density at radius 2 is 1.71 bits per heavy atom. The lowest BCUT2D eigenvalue weighted by Gasteiger charge is -2.17. The zero-order valence-corrected chi connectivity index (χ0v) is 19.6. The van der Waals surface area contributed by atoms with E-state index in [0.717, 1.165) is 42.4 Å². The predicted molar refractivity (Wildman–Crippen MR) is 128 cm³/mol. The average molecular weight is 491 g/mol. The van der Waals surface area contributed by atoms with Gasteiger partial charge in [-0.15, -0.1) is 0 Å². The number of ether oxygens (including phenoxy) is 1. The molecule has 9 nitrogen and oxygen atoms in total. The van der Waals surface area contributed by atoms with Crippen LogP contribution in [-0.2, 0) is 10.0 Å².